The van der Waals surface area contributed by atoms with Crippen molar-refractivity contribution in [1.29, 1.82) is 0 Å². The molecule has 0 radical (unpaired) electrons. The minimum atomic E-state index is -1.33. The molecule has 26 heavy (non-hydrogen) atoms. The zero-order valence-electron chi connectivity index (χ0n) is 15.3. The summed E-state index contributed by atoms with van der Waals surface area (Å²) < 4.78 is 26.7. The van der Waals surface area contributed by atoms with E-state index in [2.05, 4.69) is 5.32 Å². The lowest BCUT2D eigenvalue weighted by Crippen LogP contribution is -2.64. The fourth-order valence-corrected chi connectivity index (χ4v) is 2.42. The molecule has 1 heterocycles. The molecule has 1 aliphatic heterocycles. The fraction of sp³-hybridized carbons (Fsp3) is 0.938. The van der Waals surface area contributed by atoms with E-state index in [9.17, 15) is 20.1 Å². The van der Waals surface area contributed by atoms with Crippen LogP contribution in [0.2, 0.25) is 0 Å². The Morgan fingerprint density at radius 1 is 1.00 bits per heavy atom. The van der Waals surface area contributed by atoms with Gasteiger partial charge < -0.3 is 44.3 Å². The van der Waals surface area contributed by atoms with Gasteiger partial charge in [0.2, 0.25) is 5.91 Å². The van der Waals surface area contributed by atoms with E-state index in [0.29, 0.717) is 33.0 Å². The molecule has 0 saturated carbocycles. The van der Waals surface area contributed by atoms with Crippen molar-refractivity contribution in [2.75, 3.05) is 52.9 Å². The van der Waals surface area contributed by atoms with E-state index in [1.54, 1.807) is 0 Å². The van der Waals surface area contributed by atoms with Crippen LogP contribution >= 0.6 is 0 Å². The molecule has 0 spiro atoms. The summed E-state index contributed by atoms with van der Waals surface area (Å²) in [7, 11) is 0. The van der Waals surface area contributed by atoms with Gasteiger partial charge in [0, 0.05) is 13.5 Å². The molecule has 154 valence electrons. The zero-order valence-corrected chi connectivity index (χ0v) is 15.3. The first-order valence-electron chi connectivity index (χ1n) is 8.75. The lowest BCUT2D eigenvalue weighted by Gasteiger charge is -2.42. The number of hydrogen-bond acceptors (Lipinski definition) is 9. The molecule has 0 bridgehead atoms. The Balaban J connectivity index is 2.28. The lowest BCUT2D eigenvalue weighted by atomic mass is 9.97. The topological polar surface area (TPSA) is 136 Å². The van der Waals surface area contributed by atoms with Crippen LogP contribution in [0.15, 0.2) is 0 Å². The second-order valence-electron chi connectivity index (χ2n) is 5.73. The zero-order chi connectivity index (χ0) is 19.4. The number of aliphatic hydroxyl groups excluding tert-OH is 3. The highest BCUT2D eigenvalue weighted by Crippen LogP contribution is 2.22. The van der Waals surface area contributed by atoms with E-state index in [0.717, 1.165) is 0 Å². The largest absolute Gasteiger partial charge is 0.394 e. The summed E-state index contributed by atoms with van der Waals surface area (Å²) in [4.78, 5) is 11.3. The molecule has 1 fully saturated rings. The summed E-state index contributed by atoms with van der Waals surface area (Å²) in [6.45, 7) is 5.62. The number of aliphatic hydroxyl groups is 3. The van der Waals surface area contributed by atoms with Crippen molar-refractivity contribution >= 4 is 5.91 Å². The number of rotatable bonds is 13. The molecule has 5 unspecified atom stereocenters. The van der Waals surface area contributed by atoms with Crippen LogP contribution in [0.4, 0.5) is 0 Å². The first kappa shape index (κ1) is 23.2. The third kappa shape index (κ3) is 8.23. The van der Waals surface area contributed by atoms with E-state index in [4.69, 9.17) is 23.7 Å². The molecule has 4 N–H and O–H groups in total. The minimum Gasteiger partial charge on any atom is -0.394 e. The predicted octanol–water partition coefficient (Wildman–Crippen LogP) is -1.98. The minimum absolute atomic E-state index is 0.140. The summed E-state index contributed by atoms with van der Waals surface area (Å²) in [6.07, 6.45) is -4.67. The number of nitrogens with one attached hydrogen (secondary N) is 1. The van der Waals surface area contributed by atoms with Gasteiger partial charge in [-0.1, -0.05) is 0 Å². The quantitative estimate of drug-likeness (QED) is 0.267. The number of amides is 1. The molecule has 0 aliphatic carbocycles. The molecule has 10 nitrogen and oxygen atoms in total. The van der Waals surface area contributed by atoms with Crippen LogP contribution in [0.5, 0.6) is 0 Å². The Hall–Kier alpha value is -0.850. The lowest BCUT2D eigenvalue weighted by molar-refractivity contribution is -0.272. The molecule has 0 aromatic rings. The highest BCUT2D eigenvalue weighted by Gasteiger charge is 2.45. The summed E-state index contributed by atoms with van der Waals surface area (Å²) >= 11 is 0. The van der Waals surface area contributed by atoms with Gasteiger partial charge >= 0.3 is 0 Å². The molecule has 10 heteroatoms. The molecular formula is C16H31NO9. The smallest absolute Gasteiger partial charge is 0.217 e. The normalized spacial score (nSPS) is 28.9. The summed E-state index contributed by atoms with van der Waals surface area (Å²) in [5.41, 5.74) is 0. The SMILES string of the molecule is CCOCCOCCOCCOC1OC(CO)C(O)C(O)C1NC(C)=O. The summed E-state index contributed by atoms with van der Waals surface area (Å²) in [5, 5.41) is 31.7. The van der Waals surface area contributed by atoms with Crippen LogP contribution in [0.25, 0.3) is 0 Å². The van der Waals surface area contributed by atoms with Crippen molar-refractivity contribution in [2.24, 2.45) is 0 Å². The number of ether oxygens (including phenoxy) is 5. The van der Waals surface area contributed by atoms with Crippen molar-refractivity contribution in [2.45, 2.75) is 44.5 Å². The maximum absolute atomic E-state index is 11.3. The van der Waals surface area contributed by atoms with Gasteiger partial charge in [0.15, 0.2) is 6.29 Å². The van der Waals surface area contributed by atoms with Crippen LogP contribution in [0.3, 0.4) is 0 Å². The predicted molar refractivity (Wildman–Crippen MR) is 89.4 cm³/mol. The van der Waals surface area contributed by atoms with Gasteiger partial charge in [-0.05, 0) is 6.92 Å². The molecule has 1 amide bonds. The number of hydrogen-bond donors (Lipinski definition) is 4. The molecule has 5 atom stereocenters. The van der Waals surface area contributed by atoms with E-state index in [1.165, 1.54) is 6.92 Å². The fourth-order valence-electron chi connectivity index (χ4n) is 2.42. The van der Waals surface area contributed by atoms with Crippen molar-refractivity contribution in [3.63, 3.8) is 0 Å². The van der Waals surface area contributed by atoms with Crippen molar-refractivity contribution in [3.05, 3.63) is 0 Å². The molecule has 0 aromatic heterocycles. The van der Waals surface area contributed by atoms with E-state index in [-0.39, 0.29) is 13.2 Å². The maximum atomic E-state index is 11.3. The molecule has 1 saturated heterocycles. The van der Waals surface area contributed by atoms with Crippen LogP contribution < -0.4 is 5.32 Å². The molecule has 1 aliphatic rings. The Labute approximate surface area is 153 Å². The van der Waals surface area contributed by atoms with E-state index in [1.807, 2.05) is 6.92 Å². The molecular weight excluding hydrogens is 350 g/mol. The Morgan fingerprint density at radius 2 is 1.58 bits per heavy atom. The Kier molecular flexibility index (Phi) is 11.9. The summed E-state index contributed by atoms with van der Waals surface area (Å²) in [5.74, 6) is -0.402. The molecule has 0 aromatic carbocycles. The first-order chi connectivity index (χ1) is 12.5. The first-order valence-corrected chi connectivity index (χ1v) is 8.75. The van der Waals surface area contributed by atoms with Crippen molar-refractivity contribution < 1.29 is 43.8 Å². The highest BCUT2D eigenvalue weighted by atomic mass is 16.7. The van der Waals surface area contributed by atoms with Crippen molar-refractivity contribution in [3.8, 4) is 0 Å². The highest BCUT2D eigenvalue weighted by molar-refractivity contribution is 5.73. The van der Waals surface area contributed by atoms with Crippen molar-refractivity contribution in [1.82, 2.24) is 5.32 Å². The Morgan fingerprint density at radius 3 is 2.12 bits per heavy atom. The van der Waals surface area contributed by atoms with E-state index < -0.39 is 43.2 Å². The van der Waals surface area contributed by atoms with Gasteiger partial charge in [-0.2, -0.15) is 0 Å². The average molecular weight is 381 g/mol. The van der Waals surface area contributed by atoms with Crippen LogP contribution in [0, 0.1) is 0 Å². The average Bonchev–Trinajstić information content (AvgIpc) is 2.62. The van der Waals surface area contributed by atoms with E-state index >= 15 is 0 Å². The third-order valence-corrected chi connectivity index (χ3v) is 3.71. The third-order valence-electron chi connectivity index (χ3n) is 3.71. The van der Waals surface area contributed by atoms with Crippen LogP contribution in [0.1, 0.15) is 13.8 Å². The van der Waals surface area contributed by atoms with Gasteiger partial charge in [0.25, 0.3) is 0 Å². The van der Waals surface area contributed by atoms with Crippen LogP contribution in [-0.2, 0) is 28.5 Å². The number of carbonyl (C=O) groups excluding carboxylic acids is 1. The van der Waals surface area contributed by atoms with Gasteiger partial charge in [-0.3, -0.25) is 4.79 Å². The van der Waals surface area contributed by atoms with Gasteiger partial charge in [0.1, 0.15) is 24.4 Å². The summed E-state index contributed by atoms with van der Waals surface area (Å²) in [6, 6.07) is -0.952. The van der Waals surface area contributed by atoms with Gasteiger partial charge in [0.05, 0.1) is 46.2 Å². The molecule has 1 rings (SSSR count). The monoisotopic (exact) mass is 381 g/mol. The second-order valence-corrected chi connectivity index (χ2v) is 5.73. The van der Waals surface area contributed by atoms with Gasteiger partial charge in [-0.15, -0.1) is 0 Å². The second kappa shape index (κ2) is 13.3. The number of carbonyl (C=O) groups is 1. The van der Waals surface area contributed by atoms with Crippen LogP contribution in [-0.4, -0.2) is 105 Å². The van der Waals surface area contributed by atoms with Gasteiger partial charge in [-0.25, -0.2) is 0 Å². The Bertz CT molecular complexity index is 385. The maximum Gasteiger partial charge on any atom is 0.217 e. The standard InChI is InChI=1S/C16H31NO9/c1-3-22-4-5-23-6-7-24-8-9-25-16-13(17-11(2)19)15(21)14(20)12(10-18)26-16/h12-16,18,20-21H,3-10H2,1-2H3,(H,17,19).